The zero-order valence-electron chi connectivity index (χ0n) is 7.11. The summed E-state index contributed by atoms with van der Waals surface area (Å²) in [7, 11) is 1.57. The van der Waals surface area contributed by atoms with Crippen LogP contribution in [0.15, 0.2) is 12.0 Å². The third-order valence-electron chi connectivity index (χ3n) is 2.28. The van der Waals surface area contributed by atoms with Gasteiger partial charge in [-0.3, -0.25) is 9.69 Å². The lowest BCUT2D eigenvalue weighted by molar-refractivity contribution is -0.156. The zero-order chi connectivity index (χ0) is 8.72. The Morgan fingerprint density at radius 2 is 2.50 bits per heavy atom. The summed E-state index contributed by atoms with van der Waals surface area (Å²) in [6.07, 6.45) is 2.02. The number of β-lactam (4-membered cyclic amide) rings is 1. The average Bonchev–Trinajstić information content (AvgIpc) is 2.24. The van der Waals surface area contributed by atoms with Crippen molar-refractivity contribution in [2.75, 3.05) is 7.11 Å². The van der Waals surface area contributed by atoms with Crippen LogP contribution in [0.1, 0.15) is 13.3 Å². The number of ether oxygens (including phenoxy) is 2. The van der Waals surface area contributed by atoms with E-state index < -0.39 is 0 Å². The van der Waals surface area contributed by atoms with Crippen molar-refractivity contribution in [3.63, 3.8) is 0 Å². The van der Waals surface area contributed by atoms with Crippen molar-refractivity contribution in [2.45, 2.75) is 25.6 Å². The summed E-state index contributed by atoms with van der Waals surface area (Å²) >= 11 is 0. The molecule has 2 unspecified atom stereocenters. The molecule has 0 aliphatic carbocycles. The SMILES string of the molecule is COC=C1OC2CC(=O)N2C1C. The predicted octanol–water partition coefficient (Wildman–Crippen LogP) is 0.451. The van der Waals surface area contributed by atoms with Crippen molar-refractivity contribution < 1.29 is 14.3 Å². The predicted molar refractivity (Wildman–Crippen MR) is 40.9 cm³/mol. The van der Waals surface area contributed by atoms with E-state index in [9.17, 15) is 4.79 Å². The fourth-order valence-electron chi connectivity index (χ4n) is 1.60. The molecule has 2 aliphatic rings. The van der Waals surface area contributed by atoms with Gasteiger partial charge in [0, 0.05) is 0 Å². The Hall–Kier alpha value is -1.19. The number of methoxy groups -OCH3 is 1. The van der Waals surface area contributed by atoms with E-state index in [0.29, 0.717) is 6.42 Å². The molecule has 0 N–H and O–H groups in total. The first-order valence-corrected chi connectivity index (χ1v) is 3.94. The molecule has 2 saturated heterocycles. The van der Waals surface area contributed by atoms with Crippen LogP contribution in [0.4, 0.5) is 0 Å². The van der Waals surface area contributed by atoms with E-state index in [-0.39, 0.29) is 18.2 Å². The van der Waals surface area contributed by atoms with E-state index in [4.69, 9.17) is 9.47 Å². The highest BCUT2D eigenvalue weighted by atomic mass is 16.5. The Bertz CT molecular complexity index is 249. The van der Waals surface area contributed by atoms with Crippen molar-refractivity contribution in [1.82, 2.24) is 4.90 Å². The van der Waals surface area contributed by atoms with Crippen molar-refractivity contribution in [3.8, 4) is 0 Å². The number of amides is 1. The molecule has 2 fully saturated rings. The molecule has 2 atom stereocenters. The number of hydrogen-bond acceptors (Lipinski definition) is 3. The third kappa shape index (κ3) is 0.807. The first kappa shape index (κ1) is 7.46. The first-order chi connectivity index (χ1) is 5.74. The number of carbonyl (C=O) groups is 1. The topological polar surface area (TPSA) is 38.8 Å². The van der Waals surface area contributed by atoms with Gasteiger partial charge >= 0.3 is 0 Å². The molecule has 12 heavy (non-hydrogen) atoms. The number of rotatable bonds is 1. The van der Waals surface area contributed by atoms with Gasteiger partial charge in [-0.25, -0.2) is 0 Å². The maximum atomic E-state index is 11.1. The lowest BCUT2D eigenvalue weighted by atomic mass is 10.1. The van der Waals surface area contributed by atoms with Crippen LogP contribution < -0.4 is 0 Å². The van der Waals surface area contributed by atoms with Crippen LogP contribution in [0.2, 0.25) is 0 Å². The van der Waals surface area contributed by atoms with Crippen LogP contribution in [0.5, 0.6) is 0 Å². The van der Waals surface area contributed by atoms with Gasteiger partial charge in [0.25, 0.3) is 0 Å². The Balaban J connectivity index is 2.15. The molecule has 0 aromatic rings. The Kier molecular flexibility index (Phi) is 1.49. The Morgan fingerprint density at radius 1 is 1.75 bits per heavy atom. The lowest BCUT2D eigenvalue weighted by Gasteiger charge is -2.33. The van der Waals surface area contributed by atoms with E-state index in [1.807, 2.05) is 6.92 Å². The highest BCUT2D eigenvalue weighted by molar-refractivity contribution is 5.83. The molecule has 0 spiro atoms. The minimum Gasteiger partial charge on any atom is -0.501 e. The second-order valence-electron chi connectivity index (χ2n) is 3.01. The van der Waals surface area contributed by atoms with Gasteiger partial charge in [-0.2, -0.15) is 0 Å². The van der Waals surface area contributed by atoms with Crippen molar-refractivity contribution in [2.24, 2.45) is 0 Å². The summed E-state index contributed by atoms with van der Waals surface area (Å²) < 4.78 is 10.3. The second-order valence-corrected chi connectivity index (χ2v) is 3.01. The van der Waals surface area contributed by atoms with Gasteiger partial charge in [0.15, 0.2) is 12.0 Å². The summed E-state index contributed by atoms with van der Waals surface area (Å²) in [5, 5.41) is 0. The van der Waals surface area contributed by atoms with E-state index in [1.165, 1.54) is 0 Å². The van der Waals surface area contributed by atoms with Crippen molar-refractivity contribution in [1.29, 1.82) is 0 Å². The fraction of sp³-hybridized carbons (Fsp3) is 0.625. The highest BCUT2D eigenvalue weighted by Crippen LogP contribution is 2.35. The summed E-state index contributed by atoms with van der Waals surface area (Å²) in [6, 6.07) is 0.0381. The maximum Gasteiger partial charge on any atom is 0.231 e. The standard InChI is InChI=1S/C8H11NO3/c1-5-6(4-11-2)12-8-3-7(10)9(5)8/h4-5,8H,3H2,1-2H3. The van der Waals surface area contributed by atoms with Gasteiger partial charge in [0.1, 0.15) is 6.26 Å². The van der Waals surface area contributed by atoms with Crippen molar-refractivity contribution in [3.05, 3.63) is 12.0 Å². The molecule has 2 aliphatic heterocycles. The minimum absolute atomic E-state index is 0.0334. The van der Waals surface area contributed by atoms with Crippen molar-refractivity contribution >= 4 is 5.91 Å². The fourth-order valence-corrected chi connectivity index (χ4v) is 1.60. The van der Waals surface area contributed by atoms with Gasteiger partial charge in [0.05, 0.1) is 19.6 Å². The molecule has 0 aromatic heterocycles. The van der Waals surface area contributed by atoms with E-state index in [2.05, 4.69) is 0 Å². The van der Waals surface area contributed by atoms with E-state index >= 15 is 0 Å². The molecular formula is C8H11NO3. The van der Waals surface area contributed by atoms with Crippen LogP contribution in [0.3, 0.4) is 0 Å². The van der Waals surface area contributed by atoms with Crippen LogP contribution in [0, 0.1) is 0 Å². The van der Waals surface area contributed by atoms with Gasteiger partial charge in [0.2, 0.25) is 5.91 Å². The Labute approximate surface area is 70.7 Å². The van der Waals surface area contributed by atoms with Crippen LogP contribution in [0.25, 0.3) is 0 Å². The highest BCUT2D eigenvalue weighted by Gasteiger charge is 2.48. The van der Waals surface area contributed by atoms with Crippen LogP contribution in [-0.2, 0) is 14.3 Å². The molecule has 4 nitrogen and oxygen atoms in total. The summed E-state index contributed by atoms with van der Waals surface area (Å²) in [5.41, 5.74) is 0. The van der Waals surface area contributed by atoms with Gasteiger partial charge < -0.3 is 9.47 Å². The molecule has 4 heteroatoms. The molecule has 2 heterocycles. The molecular weight excluding hydrogens is 158 g/mol. The average molecular weight is 169 g/mol. The van der Waals surface area contributed by atoms with Gasteiger partial charge in [-0.1, -0.05) is 0 Å². The van der Waals surface area contributed by atoms with Gasteiger partial charge in [-0.05, 0) is 6.92 Å². The summed E-state index contributed by atoms with van der Waals surface area (Å²) in [6.45, 7) is 1.93. The smallest absolute Gasteiger partial charge is 0.231 e. The Morgan fingerprint density at radius 3 is 3.00 bits per heavy atom. The monoisotopic (exact) mass is 169 g/mol. The quantitative estimate of drug-likeness (QED) is 0.422. The molecule has 66 valence electrons. The lowest BCUT2D eigenvalue weighted by Crippen LogP contribution is -2.51. The molecule has 0 saturated carbocycles. The maximum absolute atomic E-state index is 11.1. The minimum atomic E-state index is -0.0334. The number of nitrogens with zero attached hydrogens (tertiary/aromatic N) is 1. The molecule has 2 rings (SSSR count). The van der Waals surface area contributed by atoms with E-state index in [0.717, 1.165) is 5.76 Å². The molecule has 0 bridgehead atoms. The van der Waals surface area contributed by atoms with Crippen LogP contribution >= 0.6 is 0 Å². The van der Waals surface area contributed by atoms with Gasteiger partial charge in [-0.15, -0.1) is 0 Å². The normalized spacial score (nSPS) is 36.0. The molecule has 0 aromatic carbocycles. The summed E-state index contributed by atoms with van der Waals surface area (Å²) in [5.74, 6) is 0.903. The number of carbonyl (C=O) groups excluding carboxylic acids is 1. The third-order valence-corrected chi connectivity index (χ3v) is 2.28. The zero-order valence-corrected chi connectivity index (χ0v) is 7.11. The van der Waals surface area contributed by atoms with E-state index in [1.54, 1.807) is 18.3 Å². The second kappa shape index (κ2) is 2.40. The molecule has 1 amide bonds. The van der Waals surface area contributed by atoms with Crippen LogP contribution in [-0.4, -0.2) is 30.2 Å². The number of fused-ring (bicyclic) bond motifs is 1. The molecule has 0 radical (unpaired) electrons. The summed E-state index contributed by atoms with van der Waals surface area (Å²) in [4.78, 5) is 12.8. The largest absolute Gasteiger partial charge is 0.501 e. The number of hydrogen-bond donors (Lipinski definition) is 0. The first-order valence-electron chi connectivity index (χ1n) is 3.94.